The summed E-state index contributed by atoms with van der Waals surface area (Å²) in [6.45, 7) is 1.55. The summed E-state index contributed by atoms with van der Waals surface area (Å²) in [5.74, 6) is 1.48. The van der Waals surface area contributed by atoms with Crippen LogP contribution in [0, 0.1) is 0 Å². The van der Waals surface area contributed by atoms with Gasteiger partial charge in [-0.2, -0.15) is 0 Å². The predicted octanol–water partition coefficient (Wildman–Crippen LogP) is 4.67. The number of hydrogen-bond donors (Lipinski definition) is 1. The number of hydrogen-bond acceptors (Lipinski definition) is 4. The van der Waals surface area contributed by atoms with Crippen molar-refractivity contribution in [3.63, 3.8) is 0 Å². The Hall–Kier alpha value is -1.30. The van der Waals surface area contributed by atoms with E-state index in [-0.39, 0.29) is 5.78 Å². The van der Waals surface area contributed by atoms with E-state index in [1.807, 2.05) is 25.2 Å². The molecule has 0 heterocycles. The molecule has 0 aliphatic rings. The summed E-state index contributed by atoms with van der Waals surface area (Å²) in [7, 11) is 1.87. The molecule has 0 aromatic heterocycles. The third-order valence-corrected chi connectivity index (χ3v) is 3.93. The first-order valence-electron chi connectivity index (χ1n) is 6.02. The van der Waals surface area contributed by atoms with Gasteiger partial charge in [0.25, 0.3) is 0 Å². The van der Waals surface area contributed by atoms with E-state index in [0.29, 0.717) is 11.3 Å². The molecule has 0 radical (unpaired) electrons. The Labute approximate surface area is 131 Å². The highest BCUT2D eigenvalue weighted by Gasteiger charge is 2.05. The molecule has 0 atom stereocenters. The second-order valence-electron chi connectivity index (χ2n) is 4.08. The SMILES string of the molecule is CNSc1ccc(Oc2ccc(C(C)=O)cc2)c(Br)c1. The zero-order chi connectivity index (χ0) is 14.5. The van der Waals surface area contributed by atoms with Crippen LogP contribution < -0.4 is 9.46 Å². The van der Waals surface area contributed by atoms with Gasteiger partial charge in [0.2, 0.25) is 0 Å². The Bertz CT molecular complexity index is 614. The van der Waals surface area contributed by atoms with Crippen molar-refractivity contribution < 1.29 is 9.53 Å². The molecule has 0 spiro atoms. The topological polar surface area (TPSA) is 38.3 Å². The molecule has 0 saturated heterocycles. The monoisotopic (exact) mass is 351 g/mol. The van der Waals surface area contributed by atoms with Crippen molar-refractivity contribution in [3.05, 3.63) is 52.5 Å². The molecule has 0 unspecified atom stereocenters. The van der Waals surface area contributed by atoms with Crippen molar-refractivity contribution in [2.45, 2.75) is 11.8 Å². The van der Waals surface area contributed by atoms with Crippen molar-refractivity contribution in [2.24, 2.45) is 0 Å². The molecule has 1 N–H and O–H groups in total. The van der Waals surface area contributed by atoms with Gasteiger partial charge in [-0.1, -0.05) is 0 Å². The van der Waals surface area contributed by atoms with Crippen LogP contribution in [0.3, 0.4) is 0 Å². The molecule has 0 aliphatic heterocycles. The first-order valence-corrected chi connectivity index (χ1v) is 7.63. The van der Waals surface area contributed by atoms with Gasteiger partial charge >= 0.3 is 0 Å². The summed E-state index contributed by atoms with van der Waals surface area (Å²) < 4.78 is 9.69. The van der Waals surface area contributed by atoms with Crippen LogP contribution in [0.4, 0.5) is 0 Å². The highest BCUT2D eigenvalue weighted by Crippen LogP contribution is 2.32. The molecule has 0 bridgehead atoms. The quantitative estimate of drug-likeness (QED) is 0.627. The van der Waals surface area contributed by atoms with E-state index in [1.165, 1.54) is 11.9 Å². The number of carbonyl (C=O) groups excluding carboxylic acids is 1. The Balaban J connectivity index is 2.15. The normalized spacial score (nSPS) is 10.3. The minimum Gasteiger partial charge on any atom is -0.456 e. The van der Waals surface area contributed by atoms with Crippen molar-refractivity contribution in [1.82, 2.24) is 4.72 Å². The molecule has 2 aromatic carbocycles. The highest BCUT2D eigenvalue weighted by molar-refractivity contribution is 9.10. The molecule has 5 heteroatoms. The fourth-order valence-electron chi connectivity index (χ4n) is 1.63. The van der Waals surface area contributed by atoms with E-state index in [1.54, 1.807) is 31.2 Å². The number of ether oxygens (including phenoxy) is 1. The standard InChI is InChI=1S/C15H14BrNO2S/c1-10(18)11-3-5-12(6-4-11)19-15-8-7-13(20-17-2)9-14(15)16/h3-9,17H,1-2H3. The van der Waals surface area contributed by atoms with Crippen LogP contribution in [0.15, 0.2) is 51.8 Å². The van der Waals surface area contributed by atoms with Crippen LogP contribution in [-0.2, 0) is 0 Å². The lowest BCUT2D eigenvalue weighted by atomic mass is 10.1. The molecule has 3 nitrogen and oxygen atoms in total. The summed E-state index contributed by atoms with van der Waals surface area (Å²) in [5.41, 5.74) is 0.678. The molecule has 0 fully saturated rings. The first kappa shape index (κ1) is 15.1. The van der Waals surface area contributed by atoms with Crippen molar-refractivity contribution >= 4 is 33.7 Å². The molecule has 0 aliphatic carbocycles. The maximum atomic E-state index is 11.2. The lowest BCUT2D eigenvalue weighted by Gasteiger charge is -2.09. The minimum absolute atomic E-state index is 0.0474. The third kappa shape index (κ3) is 3.85. The molecule has 0 amide bonds. The zero-order valence-corrected chi connectivity index (χ0v) is 13.5. The average Bonchev–Trinajstić information content (AvgIpc) is 2.43. The number of nitrogens with one attached hydrogen (secondary N) is 1. The summed E-state index contributed by atoms with van der Waals surface area (Å²) in [5, 5.41) is 0. The molecule has 20 heavy (non-hydrogen) atoms. The average molecular weight is 352 g/mol. The fraction of sp³-hybridized carbons (Fsp3) is 0.133. The van der Waals surface area contributed by atoms with Gasteiger partial charge in [-0.3, -0.25) is 9.52 Å². The van der Waals surface area contributed by atoms with Crippen molar-refractivity contribution in [1.29, 1.82) is 0 Å². The number of rotatable bonds is 5. The van der Waals surface area contributed by atoms with E-state index >= 15 is 0 Å². The molecule has 0 saturated carbocycles. The molecule has 104 valence electrons. The zero-order valence-electron chi connectivity index (χ0n) is 11.1. The van der Waals surface area contributed by atoms with E-state index in [9.17, 15) is 4.79 Å². The summed E-state index contributed by atoms with van der Waals surface area (Å²) >= 11 is 5.03. The van der Waals surface area contributed by atoms with Crippen LogP contribution in [-0.4, -0.2) is 12.8 Å². The second-order valence-corrected chi connectivity index (χ2v) is 6.02. The molecular weight excluding hydrogens is 338 g/mol. The van der Waals surface area contributed by atoms with Gasteiger partial charge in [-0.25, -0.2) is 0 Å². The van der Waals surface area contributed by atoms with Gasteiger partial charge in [0.05, 0.1) is 4.47 Å². The number of benzene rings is 2. The molecular formula is C15H14BrNO2S. The van der Waals surface area contributed by atoms with Gasteiger partial charge in [-0.15, -0.1) is 0 Å². The maximum absolute atomic E-state index is 11.2. The van der Waals surface area contributed by atoms with E-state index in [4.69, 9.17) is 4.74 Å². The summed E-state index contributed by atoms with van der Waals surface area (Å²) in [6.07, 6.45) is 0. The Kier molecular flexibility index (Phi) is 5.23. The Morgan fingerprint density at radius 1 is 1.20 bits per heavy atom. The van der Waals surface area contributed by atoms with E-state index in [2.05, 4.69) is 20.7 Å². The van der Waals surface area contributed by atoms with Gasteiger partial charge in [0, 0.05) is 10.5 Å². The molecule has 2 rings (SSSR count). The maximum Gasteiger partial charge on any atom is 0.159 e. The van der Waals surface area contributed by atoms with Crippen molar-refractivity contribution in [3.8, 4) is 11.5 Å². The third-order valence-electron chi connectivity index (χ3n) is 2.61. The number of halogens is 1. The number of ketones is 1. The largest absolute Gasteiger partial charge is 0.456 e. The van der Waals surface area contributed by atoms with Crippen molar-refractivity contribution in [2.75, 3.05) is 7.05 Å². The first-order chi connectivity index (χ1) is 9.60. The van der Waals surface area contributed by atoms with Gasteiger partial charge in [0.15, 0.2) is 5.78 Å². The predicted molar refractivity (Wildman–Crippen MR) is 85.6 cm³/mol. The Morgan fingerprint density at radius 3 is 2.45 bits per heavy atom. The smallest absolute Gasteiger partial charge is 0.159 e. The Morgan fingerprint density at radius 2 is 1.90 bits per heavy atom. The summed E-state index contributed by atoms with van der Waals surface area (Å²) in [6, 6.07) is 13.0. The lowest BCUT2D eigenvalue weighted by molar-refractivity contribution is 0.101. The van der Waals surface area contributed by atoms with Crippen LogP contribution in [0.2, 0.25) is 0 Å². The van der Waals surface area contributed by atoms with Gasteiger partial charge in [0.1, 0.15) is 11.5 Å². The van der Waals surface area contributed by atoms with Gasteiger partial charge in [-0.05, 0) is 84.3 Å². The lowest BCUT2D eigenvalue weighted by Crippen LogP contribution is -1.93. The highest BCUT2D eigenvalue weighted by atomic mass is 79.9. The van der Waals surface area contributed by atoms with E-state index < -0.39 is 0 Å². The second kappa shape index (κ2) is 6.92. The van der Waals surface area contributed by atoms with Crippen LogP contribution in [0.25, 0.3) is 0 Å². The van der Waals surface area contributed by atoms with E-state index in [0.717, 1.165) is 15.1 Å². The van der Waals surface area contributed by atoms with Crippen LogP contribution in [0.5, 0.6) is 11.5 Å². The fourth-order valence-corrected chi connectivity index (χ4v) is 2.79. The number of Topliss-reactive ketones (excluding diaryl/α,β-unsaturated/α-hetero) is 1. The minimum atomic E-state index is 0.0474. The molecule has 2 aromatic rings. The van der Waals surface area contributed by atoms with Crippen LogP contribution >= 0.6 is 27.9 Å². The summed E-state index contributed by atoms with van der Waals surface area (Å²) in [4.78, 5) is 12.3. The number of carbonyl (C=O) groups is 1. The van der Waals surface area contributed by atoms with Gasteiger partial charge < -0.3 is 4.74 Å². The van der Waals surface area contributed by atoms with Crippen LogP contribution in [0.1, 0.15) is 17.3 Å².